The number of nitrogens with zero attached hydrogens (tertiary/aromatic N) is 1. The lowest BCUT2D eigenvalue weighted by Gasteiger charge is -2.32. The van der Waals surface area contributed by atoms with Crippen molar-refractivity contribution in [2.45, 2.75) is 38.4 Å². The Hall–Kier alpha value is -2.62. The highest BCUT2D eigenvalue weighted by molar-refractivity contribution is 6.60. The quantitative estimate of drug-likeness (QED) is 0.490. The fraction of sp³-hybridized carbons (Fsp3) is 0.333. The number of carbonyl (C=O) groups is 2. The first-order valence-corrected chi connectivity index (χ1v) is 9.69. The predicted octanol–water partition coefficient (Wildman–Crippen LogP) is 1.41. The molecule has 0 unspecified atom stereocenters. The van der Waals surface area contributed by atoms with E-state index in [9.17, 15) is 28.4 Å². The van der Waals surface area contributed by atoms with Crippen LogP contribution in [-0.4, -0.2) is 52.9 Å². The van der Waals surface area contributed by atoms with E-state index in [1.165, 1.54) is 24.3 Å². The van der Waals surface area contributed by atoms with Crippen LogP contribution in [0.25, 0.3) is 0 Å². The van der Waals surface area contributed by atoms with E-state index in [2.05, 4.69) is 10.2 Å². The fourth-order valence-corrected chi connectivity index (χ4v) is 3.97. The SMILES string of the molecule is CC(C)N1CC[C@@H](NC(=O)c2ccc(B(O)O)c(C=O)c2)[C@@H]1c1ccc(F)c(F)c1. The first kappa shape index (κ1) is 22.1. The van der Waals surface area contributed by atoms with Crippen LogP contribution in [-0.2, 0) is 0 Å². The summed E-state index contributed by atoms with van der Waals surface area (Å²) in [6, 6.07) is 7.18. The molecule has 1 aliphatic rings. The maximum absolute atomic E-state index is 13.8. The minimum absolute atomic E-state index is 0.00466. The zero-order chi connectivity index (χ0) is 22.0. The number of aldehydes is 1. The average molecular weight is 416 g/mol. The molecular weight excluding hydrogens is 393 g/mol. The molecule has 3 rings (SSSR count). The smallest absolute Gasteiger partial charge is 0.423 e. The fourth-order valence-electron chi connectivity index (χ4n) is 3.97. The summed E-state index contributed by atoms with van der Waals surface area (Å²) in [7, 11) is -1.82. The van der Waals surface area contributed by atoms with Gasteiger partial charge in [0.25, 0.3) is 5.91 Å². The minimum Gasteiger partial charge on any atom is -0.423 e. The van der Waals surface area contributed by atoms with Crippen LogP contribution in [0.2, 0.25) is 0 Å². The maximum Gasteiger partial charge on any atom is 0.489 e. The number of amides is 1. The summed E-state index contributed by atoms with van der Waals surface area (Å²) >= 11 is 0. The van der Waals surface area contributed by atoms with Gasteiger partial charge >= 0.3 is 7.12 Å². The molecule has 3 N–H and O–H groups in total. The second kappa shape index (κ2) is 9.03. The van der Waals surface area contributed by atoms with Gasteiger partial charge in [-0.05, 0) is 55.6 Å². The summed E-state index contributed by atoms with van der Waals surface area (Å²) < 4.78 is 27.3. The van der Waals surface area contributed by atoms with Gasteiger partial charge in [-0.3, -0.25) is 14.5 Å². The van der Waals surface area contributed by atoms with Crippen molar-refractivity contribution in [3.63, 3.8) is 0 Å². The Morgan fingerprint density at radius 2 is 1.93 bits per heavy atom. The number of nitrogens with one attached hydrogen (secondary N) is 1. The zero-order valence-corrected chi connectivity index (χ0v) is 16.7. The zero-order valence-electron chi connectivity index (χ0n) is 16.7. The normalized spacial score (nSPS) is 19.2. The van der Waals surface area contributed by atoms with Gasteiger partial charge in [0.05, 0.1) is 12.1 Å². The maximum atomic E-state index is 13.8. The molecule has 1 aliphatic heterocycles. The van der Waals surface area contributed by atoms with Crippen molar-refractivity contribution >= 4 is 24.8 Å². The van der Waals surface area contributed by atoms with Crippen molar-refractivity contribution in [3.05, 3.63) is 64.7 Å². The van der Waals surface area contributed by atoms with Crippen molar-refractivity contribution in [1.82, 2.24) is 10.2 Å². The van der Waals surface area contributed by atoms with Crippen molar-refractivity contribution in [2.24, 2.45) is 0 Å². The molecule has 158 valence electrons. The second-order valence-electron chi connectivity index (χ2n) is 7.65. The molecule has 2 atom stereocenters. The lowest BCUT2D eigenvalue weighted by Crippen LogP contribution is -2.41. The van der Waals surface area contributed by atoms with Crippen LogP contribution in [0.1, 0.15) is 52.6 Å². The summed E-state index contributed by atoms with van der Waals surface area (Å²) in [5, 5.41) is 21.5. The number of benzene rings is 2. The van der Waals surface area contributed by atoms with Crippen LogP contribution in [0.5, 0.6) is 0 Å². The molecule has 1 fully saturated rings. The molecule has 1 amide bonds. The van der Waals surface area contributed by atoms with Crippen LogP contribution < -0.4 is 10.8 Å². The van der Waals surface area contributed by atoms with Crippen LogP contribution in [0.15, 0.2) is 36.4 Å². The molecule has 2 aromatic rings. The Labute approximate surface area is 173 Å². The number of hydrogen-bond acceptors (Lipinski definition) is 5. The van der Waals surface area contributed by atoms with E-state index in [4.69, 9.17) is 0 Å². The van der Waals surface area contributed by atoms with Gasteiger partial charge in [-0.2, -0.15) is 0 Å². The number of likely N-dealkylation sites (tertiary alicyclic amines) is 1. The van der Waals surface area contributed by atoms with Gasteiger partial charge in [0, 0.05) is 23.7 Å². The first-order chi connectivity index (χ1) is 14.2. The standard InChI is InChI=1S/C21H23BF2N2O4/c1-12(2)26-8-7-19(20(26)13-4-6-17(23)18(24)10-13)25-21(28)14-3-5-16(22(29)30)15(9-14)11-27/h3-6,9-12,19-20,29-30H,7-8H2,1-2H3,(H,25,28)/t19-,20+/m1/s1. The minimum atomic E-state index is -1.82. The molecule has 0 aromatic heterocycles. The molecule has 6 nitrogen and oxygen atoms in total. The number of rotatable bonds is 6. The molecule has 0 aliphatic carbocycles. The monoisotopic (exact) mass is 416 g/mol. The Morgan fingerprint density at radius 1 is 1.20 bits per heavy atom. The molecule has 0 radical (unpaired) electrons. The Kier molecular flexibility index (Phi) is 6.65. The third-order valence-corrected chi connectivity index (χ3v) is 5.46. The molecule has 2 aromatic carbocycles. The van der Waals surface area contributed by atoms with Gasteiger partial charge in [-0.15, -0.1) is 0 Å². The van der Waals surface area contributed by atoms with E-state index in [0.717, 1.165) is 12.1 Å². The molecule has 30 heavy (non-hydrogen) atoms. The lowest BCUT2D eigenvalue weighted by molar-refractivity contribution is 0.0919. The molecule has 0 bridgehead atoms. The van der Waals surface area contributed by atoms with Crippen LogP contribution >= 0.6 is 0 Å². The second-order valence-corrected chi connectivity index (χ2v) is 7.65. The van der Waals surface area contributed by atoms with E-state index >= 15 is 0 Å². The number of hydrogen-bond donors (Lipinski definition) is 3. The van der Waals surface area contributed by atoms with E-state index < -0.39 is 24.7 Å². The third-order valence-electron chi connectivity index (χ3n) is 5.46. The molecule has 1 heterocycles. The van der Waals surface area contributed by atoms with Crippen LogP contribution in [0.3, 0.4) is 0 Å². The van der Waals surface area contributed by atoms with Gasteiger partial charge in [-0.1, -0.05) is 12.1 Å². The molecule has 1 saturated heterocycles. The van der Waals surface area contributed by atoms with Gasteiger partial charge < -0.3 is 15.4 Å². The largest absolute Gasteiger partial charge is 0.489 e. The Balaban J connectivity index is 1.87. The number of halogens is 2. The Morgan fingerprint density at radius 3 is 2.53 bits per heavy atom. The predicted molar refractivity (Wildman–Crippen MR) is 108 cm³/mol. The Bertz CT molecular complexity index is 955. The van der Waals surface area contributed by atoms with Gasteiger partial charge in [-0.25, -0.2) is 8.78 Å². The first-order valence-electron chi connectivity index (χ1n) is 9.69. The van der Waals surface area contributed by atoms with Crippen LogP contribution in [0.4, 0.5) is 8.78 Å². The van der Waals surface area contributed by atoms with E-state index in [1.54, 1.807) is 0 Å². The topological polar surface area (TPSA) is 89.9 Å². The summed E-state index contributed by atoms with van der Waals surface area (Å²) in [6.45, 7) is 4.65. The van der Waals surface area contributed by atoms with Crippen molar-refractivity contribution in [1.29, 1.82) is 0 Å². The molecular formula is C21H23BF2N2O4. The summed E-state index contributed by atoms with van der Waals surface area (Å²) in [5.74, 6) is -2.32. The van der Waals surface area contributed by atoms with Crippen LogP contribution in [0, 0.1) is 11.6 Å². The van der Waals surface area contributed by atoms with Crippen molar-refractivity contribution in [2.75, 3.05) is 6.54 Å². The highest BCUT2D eigenvalue weighted by atomic mass is 19.2. The van der Waals surface area contributed by atoms with Gasteiger partial charge in [0.1, 0.15) is 6.29 Å². The summed E-state index contributed by atoms with van der Waals surface area (Å²) in [4.78, 5) is 26.2. The molecule has 0 spiro atoms. The van der Waals surface area contributed by atoms with E-state index in [1.807, 2.05) is 13.8 Å². The van der Waals surface area contributed by atoms with Crippen molar-refractivity contribution in [3.8, 4) is 0 Å². The van der Waals surface area contributed by atoms with Gasteiger partial charge in [0.2, 0.25) is 0 Å². The number of carbonyl (C=O) groups excluding carboxylic acids is 2. The highest BCUT2D eigenvalue weighted by Gasteiger charge is 2.38. The van der Waals surface area contributed by atoms with E-state index in [-0.39, 0.29) is 34.7 Å². The van der Waals surface area contributed by atoms with E-state index in [0.29, 0.717) is 24.8 Å². The van der Waals surface area contributed by atoms with Crippen molar-refractivity contribution < 1.29 is 28.4 Å². The molecule has 0 saturated carbocycles. The third kappa shape index (κ3) is 4.43. The molecule has 9 heteroatoms. The highest BCUT2D eigenvalue weighted by Crippen LogP contribution is 2.34. The summed E-state index contributed by atoms with van der Waals surface area (Å²) in [5.41, 5.74) is 0.768. The lowest BCUT2D eigenvalue weighted by atomic mass is 9.77. The van der Waals surface area contributed by atoms with Gasteiger partial charge in [0.15, 0.2) is 11.6 Å². The summed E-state index contributed by atoms with van der Waals surface area (Å²) in [6.07, 6.45) is 1.06. The average Bonchev–Trinajstić information content (AvgIpc) is 3.13.